The molecule has 0 saturated carbocycles. The van der Waals surface area contributed by atoms with E-state index in [1.807, 2.05) is 0 Å². The topological polar surface area (TPSA) is 146 Å². The van der Waals surface area contributed by atoms with Crippen LogP contribution in [0.3, 0.4) is 0 Å². The van der Waals surface area contributed by atoms with Crippen LogP contribution >= 0.6 is 30.8 Å². The van der Waals surface area contributed by atoms with Gasteiger partial charge >= 0.3 is 13.3 Å². The van der Waals surface area contributed by atoms with E-state index in [1.54, 1.807) is 13.8 Å². The Morgan fingerprint density at radius 2 is 1.71 bits per heavy atom. The molecule has 2 aromatic rings. The second kappa shape index (κ2) is 10.7. The third-order valence-corrected chi connectivity index (χ3v) is 6.30. The molecule has 0 unspecified atom stereocenters. The van der Waals surface area contributed by atoms with Crippen molar-refractivity contribution in [3.63, 3.8) is 0 Å². The van der Waals surface area contributed by atoms with Crippen molar-refractivity contribution in [2.75, 3.05) is 18.6 Å². The lowest BCUT2D eigenvalue weighted by molar-refractivity contribution is -0.393. The van der Waals surface area contributed by atoms with Crippen LogP contribution in [0.25, 0.3) is 0 Å². The van der Waals surface area contributed by atoms with Crippen LogP contribution in [0.1, 0.15) is 19.4 Å². The molecule has 0 spiro atoms. The molecular weight excluding hydrogens is 474 g/mol. The highest BCUT2D eigenvalue weighted by atomic mass is 35.5. The third kappa shape index (κ3) is 5.99. The highest BCUT2D eigenvalue weighted by molar-refractivity contribution is 7.73. The molecule has 11 nitrogen and oxygen atoms in total. The molecule has 0 aliphatic heterocycles. The summed E-state index contributed by atoms with van der Waals surface area (Å²) in [5.74, 6) is 0. The van der Waals surface area contributed by atoms with Crippen molar-refractivity contribution in [3.8, 4) is 0 Å². The second-order valence-electron chi connectivity index (χ2n) is 5.72. The minimum atomic E-state index is -4.01. The Bertz CT molecular complexity index is 1070. The Morgan fingerprint density at radius 1 is 1.06 bits per heavy atom. The molecule has 1 N–H and O–H groups in total. The van der Waals surface area contributed by atoms with Crippen LogP contribution in [0.2, 0.25) is 10.0 Å². The van der Waals surface area contributed by atoms with E-state index in [1.165, 1.54) is 18.2 Å². The summed E-state index contributed by atoms with van der Waals surface area (Å²) in [4.78, 5) is 20.7. The maximum atomic E-state index is 13.4. The zero-order valence-electron chi connectivity index (χ0n) is 16.3. The van der Waals surface area contributed by atoms with E-state index in [2.05, 4.69) is 10.5 Å². The van der Waals surface area contributed by atoms with Gasteiger partial charge in [-0.25, -0.2) is 0 Å². The van der Waals surface area contributed by atoms with Gasteiger partial charge in [-0.3, -0.25) is 30.2 Å². The maximum Gasteiger partial charge on any atom is 0.382 e. The first-order chi connectivity index (χ1) is 14.6. The summed E-state index contributed by atoms with van der Waals surface area (Å²) >= 11 is 12.2. The molecule has 0 fully saturated rings. The number of nitrogens with one attached hydrogen (secondary N) is 1. The number of nitro benzene ring substituents is 2. The lowest BCUT2D eigenvalue weighted by Gasteiger charge is -2.20. The van der Waals surface area contributed by atoms with Gasteiger partial charge < -0.3 is 9.05 Å². The van der Waals surface area contributed by atoms with Crippen molar-refractivity contribution in [3.05, 3.63) is 72.2 Å². The van der Waals surface area contributed by atoms with Crippen LogP contribution in [0.15, 0.2) is 41.5 Å². The second-order valence-corrected chi connectivity index (χ2v) is 8.50. The summed E-state index contributed by atoms with van der Waals surface area (Å²) in [6.45, 7) is 3.22. The van der Waals surface area contributed by atoms with E-state index in [9.17, 15) is 24.8 Å². The summed E-state index contributed by atoms with van der Waals surface area (Å²) in [6, 6.07) is 7.26. The summed E-state index contributed by atoms with van der Waals surface area (Å²) < 4.78 is 24.1. The first-order valence-corrected chi connectivity index (χ1v) is 11.0. The van der Waals surface area contributed by atoms with Crippen LogP contribution in [-0.2, 0) is 13.6 Å². The van der Waals surface area contributed by atoms with Gasteiger partial charge in [-0.2, -0.15) is 5.10 Å². The van der Waals surface area contributed by atoms with Gasteiger partial charge in [0.2, 0.25) is 0 Å². The molecule has 31 heavy (non-hydrogen) atoms. The van der Waals surface area contributed by atoms with Crippen LogP contribution in [0.4, 0.5) is 17.1 Å². The number of halogens is 2. The number of nitrogens with zero attached hydrogens (tertiary/aromatic N) is 3. The Morgan fingerprint density at radius 3 is 2.23 bits per heavy atom. The first kappa shape index (κ1) is 24.7. The van der Waals surface area contributed by atoms with Crippen molar-refractivity contribution in [2.45, 2.75) is 13.8 Å². The lowest BCUT2D eigenvalue weighted by atomic mass is 10.2. The number of rotatable bonds is 10. The van der Waals surface area contributed by atoms with Gasteiger partial charge in [0.1, 0.15) is 5.69 Å². The molecule has 0 radical (unpaired) electrons. The average Bonchev–Trinajstić information content (AvgIpc) is 2.69. The smallest absolute Gasteiger partial charge is 0.304 e. The normalized spacial score (nSPS) is 11.9. The maximum absolute atomic E-state index is 13.4. The largest absolute Gasteiger partial charge is 0.382 e. The highest BCUT2D eigenvalue weighted by Crippen LogP contribution is 2.52. The molecule has 0 amide bonds. The minimum Gasteiger partial charge on any atom is -0.304 e. The molecule has 0 saturated heterocycles. The highest BCUT2D eigenvalue weighted by Gasteiger charge is 2.35. The van der Waals surface area contributed by atoms with Gasteiger partial charge in [-0.1, -0.05) is 23.2 Å². The fourth-order valence-electron chi connectivity index (χ4n) is 2.43. The first-order valence-electron chi connectivity index (χ1n) is 8.74. The summed E-state index contributed by atoms with van der Waals surface area (Å²) in [5, 5.41) is 26.7. The molecule has 0 atom stereocenters. The molecule has 0 aliphatic carbocycles. The number of hydrogen-bond acceptors (Lipinski definition) is 9. The van der Waals surface area contributed by atoms with Crippen LogP contribution < -0.4 is 5.43 Å². The summed E-state index contributed by atoms with van der Waals surface area (Å²) in [5.41, 5.74) is 1.07. The molecule has 0 aromatic heterocycles. The monoisotopic (exact) mass is 490 g/mol. The van der Waals surface area contributed by atoms with Crippen LogP contribution in [0.5, 0.6) is 0 Å². The quantitative estimate of drug-likeness (QED) is 0.188. The third-order valence-electron chi connectivity index (χ3n) is 3.70. The Hall–Kier alpha value is -2.56. The zero-order chi connectivity index (χ0) is 23.2. The fourth-order valence-corrected chi connectivity index (χ4v) is 4.66. The van der Waals surface area contributed by atoms with Crippen molar-refractivity contribution in [2.24, 2.45) is 5.10 Å². The number of benzene rings is 2. The number of non-ortho nitro benzene ring substituents is 1. The van der Waals surface area contributed by atoms with E-state index < -0.39 is 28.8 Å². The van der Waals surface area contributed by atoms with Gasteiger partial charge in [0.05, 0.1) is 34.1 Å². The molecule has 14 heteroatoms. The zero-order valence-corrected chi connectivity index (χ0v) is 18.7. The molecule has 0 heterocycles. The van der Waals surface area contributed by atoms with Gasteiger partial charge in [0.15, 0.2) is 5.45 Å². The van der Waals surface area contributed by atoms with E-state index in [0.29, 0.717) is 5.02 Å². The average molecular weight is 491 g/mol. The van der Waals surface area contributed by atoms with E-state index in [-0.39, 0.29) is 34.9 Å². The summed E-state index contributed by atoms with van der Waals surface area (Å²) in [7, 11) is -4.01. The van der Waals surface area contributed by atoms with Gasteiger partial charge in [0, 0.05) is 16.7 Å². The SMILES string of the molecule is CCOP(=O)(OCC)C(=NNc1ccc([N+](=O)[O-])cc1[N+](=O)[O-])c1ccc(Cl)cc1Cl. The Balaban J connectivity index is 2.63. The molecule has 0 aliphatic rings. The minimum absolute atomic E-state index is 0.0131. The van der Waals surface area contributed by atoms with Gasteiger partial charge in [-0.05, 0) is 38.1 Å². The predicted octanol–water partition coefficient (Wildman–Crippen LogP) is 5.85. The standard InChI is InChI=1S/C17H17Cl2N4O7P/c1-3-29-31(28,30-4-2)17(13-7-5-11(18)9-14(13)19)21-20-15-8-6-12(22(24)25)10-16(15)23(26)27/h5-10,20H,3-4H2,1-2H3. The number of anilines is 1. The number of hydrogen-bond donors (Lipinski definition) is 1. The molecule has 166 valence electrons. The van der Waals surface area contributed by atoms with Gasteiger partial charge in [0.25, 0.3) is 5.69 Å². The molecule has 2 aromatic carbocycles. The Kier molecular flexibility index (Phi) is 8.49. The van der Waals surface area contributed by atoms with Crippen LogP contribution in [-0.4, -0.2) is 28.5 Å². The Labute approximate surface area is 186 Å². The van der Waals surface area contributed by atoms with E-state index in [0.717, 1.165) is 18.2 Å². The summed E-state index contributed by atoms with van der Waals surface area (Å²) in [6.07, 6.45) is 0. The number of nitro groups is 2. The lowest BCUT2D eigenvalue weighted by Crippen LogP contribution is -2.12. The van der Waals surface area contributed by atoms with E-state index in [4.69, 9.17) is 32.2 Å². The fraction of sp³-hybridized carbons (Fsp3) is 0.235. The van der Waals surface area contributed by atoms with Crippen molar-refractivity contribution < 1.29 is 23.5 Å². The van der Waals surface area contributed by atoms with Crippen LogP contribution in [0, 0.1) is 20.2 Å². The molecule has 2 rings (SSSR count). The van der Waals surface area contributed by atoms with Crippen molar-refractivity contribution >= 4 is 53.3 Å². The predicted molar refractivity (Wildman–Crippen MR) is 117 cm³/mol. The van der Waals surface area contributed by atoms with Crippen molar-refractivity contribution in [1.29, 1.82) is 0 Å². The molecular formula is C17H17Cl2N4O7P. The van der Waals surface area contributed by atoms with E-state index >= 15 is 0 Å². The number of hydrazone groups is 1. The van der Waals surface area contributed by atoms with Gasteiger partial charge in [-0.15, -0.1) is 0 Å². The van der Waals surface area contributed by atoms with Crippen molar-refractivity contribution in [1.82, 2.24) is 0 Å². The molecule has 0 bridgehead atoms.